The quantitative estimate of drug-likeness (QED) is 0.631. The SMILES string of the molecule is COc1cc(N(C)C2CCC(=O)CC2)c([N+](=O)[O-])cc1F. The Morgan fingerprint density at radius 3 is 2.52 bits per heavy atom. The van der Waals surface area contributed by atoms with Crippen molar-refractivity contribution in [1.82, 2.24) is 0 Å². The van der Waals surface area contributed by atoms with E-state index in [0.29, 0.717) is 31.4 Å². The largest absolute Gasteiger partial charge is 0.494 e. The Morgan fingerprint density at radius 2 is 2.00 bits per heavy atom. The van der Waals surface area contributed by atoms with Crippen LogP contribution in [0.4, 0.5) is 15.8 Å². The lowest BCUT2D eigenvalue weighted by Gasteiger charge is -2.32. The van der Waals surface area contributed by atoms with Crippen LogP contribution in [0.25, 0.3) is 0 Å². The van der Waals surface area contributed by atoms with E-state index in [1.165, 1.54) is 13.2 Å². The van der Waals surface area contributed by atoms with Gasteiger partial charge in [0.15, 0.2) is 11.6 Å². The third-order valence-corrected chi connectivity index (χ3v) is 3.89. The van der Waals surface area contributed by atoms with Crippen LogP contribution in [0, 0.1) is 15.9 Å². The number of Topliss-reactive ketones (excluding diaryl/α,β-unsaturated/α-hetero) is 1. The number of rotatable bonds is 4. The maximum atomic E-state index is 13.7. The summed E-state index contributed by atoms with van der Waals surface area (Å²) in [4.78, 5) is 23.6. The molecule has 1 aromatic rings. The Bertz CT molecular complexity index is 566. The van der Waals surface area contributed by atoms with E-state index in [2.05, 4.69) is 0 Å². The van der Waals surface area contributed by atoms with Gasteiger partial charge >= 0.3 is 0 Å². The second-order valence-electron chi connectivity index (χ2n) is 5.11. The van der Waals surface area contributed by atoms with E-state index >= 15 is 0 Å². The third kappa shape index (κ3) is 3.12. The molecular weight excluding hydrogens is 279 g/mol. The second-order valence-corrected chi connectivity index (χ2v) is 5.11. The van der Waals surface area contributed by atoms with Crippen molar-refractivity contribution >= 4 is 17.2 Å². The lowest BCUT2D eigenvalue weighted by Crippen LogP contribution is -2.35. The monoisotopic (exact) mass is 296 g/mol. The van der Waals surface area contributed by atoms with Gasteiger partial charge in [0, 0.05) is 32.0 Å². The number of hydrogen-bond donors (Lipinski definition) is 0. The van der Waals surface area contributed by atoms with E-state index in [4.69, 9.17) is 4.74 Å². The summed E-state index contributed by atoms with van der Waals surface area (Å²) in [6.07, 6.45) is 2.24. The third-order valence-electron chi connectivity index (χ3n) is 3.89. The predicted octanol–water partition coefficient (Wildman–Crippen LogP) is 2.69. The first-order valence-corrected chi connectivity index (χ1v) is 6.70. The van der Waals surface area contributed by atoms with Crippen molar-refractivity contribution in [2.75, 3.05) is 19.1 Å². The average Bonchev–Trinajstić information content (AvgIpc) is 2.47. The molecule has 0 bridgehead atoms. The maximum Gasteiger partial charge on any atom is 0.295 e. The van der Waals surface area contributed by atoms with Crippen molar-refractivity contribution in [3.63, 3.8) is 0 Å². The highest BCUT2D eigenvalue weighted by Gasteiger charge is 2.28. The van der Waals surface area contributed by atoms with Crippen LogP contribution in [-0.4, -0.2) is 30.9 Å². The van der Waals surface area contributed by atoms with Gasteiger partial charge in [0.1, 0.15) is 11.5 Å². The van der Waals surface area contributed by atoms with Gasteiger partial charge in [-0.15, -0.1) is 0 Å². The lowest BCUT2D eigenvalue weighted by atomic mass is 9.93. The van der Waals surface area contributed by atoms with E-state index in [1.54, 1.807) is 11.9 Å². The van der Waals surface area contributed by atoms with Crippen LogP contribution in [0.15, 0.2) is 12.1 Å². The topological polar surface area (TPSA) is 72.7 Å². The first kappa shape index (κ1) is 15.2. The molecule has 1 aliphatic rings. The number of carbonyl (C=O) groups is 1. The molecule has 114 valence electrons. The first-order valence-electron chi connectivity index (χ1n) is 6.70. The van der Waals surface area contributed by atoms with E-state index in [9.17, 15) is 19.3 Å². The smallest absolute Gasteiger partial charge is 0.295 e. The van der Waals surface area contributed by atoms with Crippen LogP contribution in [0.5, 0.6) is 5.75 Å². The molecule has 1 fully saturated rings. The van der Waals surface area contributed by atoms with Gasteiger partial charge in [-0.3, -0.25) is 14.9 Å². The Balaban J connectivity index is 2.36. The summed E-state index contributed by atoms with van der Waals surface area (Å²) in [7, 11) is 3.04. The van der Waals surface area contributed by atoms with E-state index < -0.39 is 10.7 Å². The average molecular weight is 296 g/mol. The van der Waals surface area contributed by atoms with Crippen LogP contribution in [-0.2, 0) is 4.79 Å². The van der Waals surface area contributed by atoms with Gasteiger partial charge in [0.25, 0.3) is 5.69 Å². The normalized spacial score (nSPS) is 15.9. The van der Waals surface area contributed by atoms with Crippen LogP contribution in [0.1, 0.15) is 25.7 Å². The maximum absolute atomic E-state index is 13.7. The number of carbonyl (C=O) groups excluding carboxylic acids is 1. The minimum absolute atomic E-state index is 0.0246. The zero-order valence-corrected chi connectivity index (χ0v) is 12.0. The molecule has 0 amide bonds. The number of ether oxygens (including phenoxy) is 1. The van der Waals surface area contributed by atoms with E-state index in [1.807, 2.05) is 0 Å². The second kappa shape index (κ2) is 6.07. The van der Waals surface area contributed by atoms with Crippen LogP contribution in [0.2, 0.25) is 0 Å². The molecule has 1 saturated carbocycles. The number of halogens is 1. The molecule has 0 saturated heterocycles. The van der Waals surface area contributed by atoms with Gasteiger partial charge in [0.2, 0.25) is 0 Å². The Kier molecular flexibility index (Phi) is 4.40. The molecule has 2 rings (SSSR count). The first-order chi connectivity index (χ1) is 9.93. The van der Waals surface area contributed by atoms with Gasteiger partial charge in [-0.05, 0) is 12.8 Å². The standard InChI is InChI=1S/C14H17FN2O4/c1-16(9-3-5-10(18)6-4-9)12-8-14(21-2)11(15)7-13(12)17(19)20/h7-9H,3-6H2,1-2H3. The summed E-state index contributed by atoms with van der Waals surface area (Å²) in [5.74, 6) is -0.583. The molecule has 0 atom stereocenters. The molecule has 6 nitrogen and oxygen atoms in total. The number of anilines is 1. The molecule has 0 unspecified atom stereocenters. The molecule has 0 radical (unpaired) electrons. The minimum Gasteiger partial charge on any atom is -0.494 e. The zero-order chi connectivity index (χ0) is 15.6. The van der Waals surface area contributed by atoms with Gasteiger partial charge in [-0.25, -0.2) is 4.39 Å². The molecule has 21 heavy (non-hydrogen) atoms. The molecule has 1 aliphatic carbocycles. The Hall–Kier alpha value is -2.18. The van der Waals surface area contributed by atoms with Gasteiger partial charge in [0.05, 0.1) is 18.1 Å². The summed E-state index contributed by atoms with van der Waals surface area (Å²) in [6.45, 7) is 0. The fourth-order valence-corrected chi connectivity index (χ4v) is 2.63. The molecule has 0 aliphatic heterocycles. The van der Waals surface area contributed by atoms with Crippen molar-refractivity contribution in [2.45, 2.75) is 31.7 Å². The fourth-order valence-electron chi connectivity index (χ4n) is 2.63. The van der Waals surface area contributed by atoms with Crippen LogP contribution < -0.4 is 9.64 Å². The summed E-state index contributed by atoms with van der Waals surface area (Å²) >= 11 is 0. The predicted molar refractivity (Wildman–Crippen MR) is 75.3 cm³/mol. The molecular formula is C14H17FN2O4. The molecule has 1 aromatic carbocycles. The summed E-state index contributed by atoms with van der Waals surface area (Å²) in [5.41, 5.74) is 0.00491. The number of nitro groups is 1. The highest BCUT2D eigenvalue weighted by Crippen LogP contribution is 2.36. The number of nitrogens with zero attached hydrogens (tertiary/aromatic N) is 2. The van der Waals surface area contributed by atoms with Gasteiger partial charge < -0.3 is 9.64 Å². The van der Waals surface area contributed by atoms with E-state index in [-0.39, 0.29) is 23.3 Å². The summed E-state index contributed by atoms with van der Waals surface area (Å²) in [6, 6.07) is 2.24. The van der Waals surface area contributed by atoms with Gasteiger partial charge in [-0.1, -0.05) is 0 Å². The van der Waals surface area contributed by atoms with Crippen molar-refractivity contribution < 1.29 is 18.8 Å². The fraction of sp³-hybridized carbons (Fsp3) is 0.500. The number of nitro benzene ring substituents is 1. The van der Waals surface area contributed by atoms with Crippen LogP contribution >= 0.6 is 0 Å². The van der Waals surface area contributed by atoms with Gasteiger partial charge in [-0.2, -0.15) is 0 Å². The Morgan fingerprint density at radius 1 is 1.38 bits per heavy atom. The molecule has 7 heteroatoms. The minimum atomic E-state index is -0.764. The van der Waals surface area contributed by atoms with E-state index in [0.717, 1.165) is 6.07 Å². The number of methoxy groups -OCH3 is 1. The zero-order valence-electron chi connectivity index (χ0n) is 12.0. The highest BCUT2D eigenvalue weighted by atomic mass is 19.1. The van der Waals surface area contributed by atoms with Crippen molar-refractivity contribution in [3.05, 3.63) is 28.1 Å². The van der Waals surface area contributed by atoms with Crippen molar-refractivity contribution in [3.8, 4) is 5.75 Å². The number of benzene rings is 1. The molecule has 0 N–H and O–H groups in total. The molecule has 0 aromatic heterocycles. The summed E-state index contributed by atoms with van der Waals surface area (Å²) < 4.78 is 18.6. The van der Waals surface area contributed by atoms with Crippen LogP contribution in [0.3, 0.4) is 0 Å². The molecule has 0 spiro atoms. The highest BCUT2D eigenvalue weighted by molar-refractivity contribution is 5.79. The number of ketones is 1. The van der Waals surface area contributed by atoms with Crippen molar-refractivity contribution in [1.29, 1.82) is 0 Å². The Labute approximate surface area is 121 Å². The summed E-state index contributed by atoms with van der Waals surface area (Å²) in [5, 5.41) is 11.1. The number of hydrogen-bond acceptors (Lipinski definition) is 5. The lowest BCUT2D eigenvalue weighted by molar-refractivity contribution is -0.384. The molecule has 0 heterocycles. The van der Waals surface area contributed by atoms with Crippen molar-refractivity contribution in [2.24, 2.45) is 0 Å².